The fraction of sp³-hybridized carbons (Fsp3) is 0.250. The molecule has 0 aromatic carbocycles. The fourth-order valence-corrected chi connectivity index (χ4v) is 1.16. The molecule has 0 saturated carbocycles. The van der Waals surface area contributed by atoms with Crippen molar-refractivity contribution in [1.29, 1.82) is 5.26 Å². The van der Waals surface area contributed by atoms with Crippen LogP contribution >= 0.6 is 0 Å². The van der Waals surface area contributed by atoms with Gasteiger partial charge in [0.05, 0.1) is 23.1 Å². The number of pyridine rings is 1. The molecule has 2 N–H and O–H groups in total. The van der Waals surface area contributed by atoms with E-state index in [1.165, 1.54) is 0 Å². The van der Waals surface area contributed by atoms with Gasteiger partial charge in [0.2, 0.25) is 0 Å². The number of anilines is 1. The molecule has 16 heavy (non-hydrogen) atoms. The number of nitro groups is 1. The number of rotatable bonds is 3. The molecule has 0 unspecified atom stereocenters. The van der Waals surface area contributed by atoms with Crippen molar-refractivity contribution in [3.63, 3.8) is 0 Å². The van der Waals surface area contributed by atoms with E-state index < -0.39 is 28.4 Å². The number of aromatic nitrogens is 1. The van der Waals surface area contributed by atoms with Gasteiger partial charge < -0.3 is 5.73 Å². The molecule has 0 aliphatic carbocycles. The van der Waals surface area contributed by atoms with Gasteiger partial charge in [-0.05, 0) is 6.07 Å². The van der Waals surface area contributed by atoms with Gasteiger partial charge in [-0.15, -0.1) is 0 Å². The highest BCUT2D eigenvalue weighted by Crippen LogP contribution is 2.32. The largest absolute Gasteiger partial charge is 0.393 e. The minimum Gasteiger partial charge on any atom is -0.393 e. The van der Waals surface area contributed by atoms with E-state index in [1.807, 2.05) is 0 Å². The first-order valence-corrected chi connectivity index (χ1v) is 4.06. The Balaban J connectivity index is 3.40. The van der Waals surface area contributed by atoms with Crippen molar-refractivity contribution in [3.8, 4) is 6.07 Å². The number of hydrogen-bond donors (Lipinski definition) is 1. The molecule has 0 aliphatic rings. The summed E-state index contributed by atoms with van der Waals surface area (Å²) in [6.45, 7) is 0. The highest BCUT2D eigenvalue weighted by Gasteiger charge is 2.27. The van der Waals surface area contributed by atoms with Crippen LogP contribution in [0.1, 0.15) is 17.8 Å². The van der Waals surface area contributed by atoms with Gasteiger partial charge in [-0.25, -0.2) is 13.8 Å². The third kappa shape index (κ3) is 2.20. The molecule has 1 aromatic rings. The molecule has 0 saturated heterocycles. The zero-order valence-electron chi connectivity index (χ0n) is 7.85. The summed E-state index contributed by atoms with van der Waals surface area (Å²) in [5, 5.41) is 18.9. The lowest BCUT2D eigenvalue weighted by atomic mass is 10.2. The van der Waals surface area contributed by atoms with Crippen LogP contribution in [0.5, 0.6) is 0 Å². The summed E-state index contributed by atoms with van der Waals surface area (Å²) in [7, 11) is 0. The zero-order chi connectivity index (χ0) is 12.3. The van der Waals surface area contributed by atoms with Crippen molar-refractivity contribution in [2.24, 2.45) is 0 Å². The van der Waals surface area contributed by atoms with Gasteiger partial charge in [-0.1, -0.05) is 0 Å². The summed E-state index contributed by atoms with van der Waals surface area (Å²) >= 11 is 0. The Labute approximate surface area is 88.5 Å². The topological polar surface area (TPSA) is 106 Å². The maximum Gasteiger partial charge on any atom is 0.319 e. The second-order valence-electron chi connectivity index (χ2n) is 2.83. The third-order valence-corrected chi connectivity index (χ3v) is 1.75. The minimum atomic E-state index is -3.11. The van der Waals surface area contributed by atoms with Crippen LogP contribution in [0.25, 0.3) is 0 Å². The van der Waals surface area contributed by atoms with Crippen molar-refractivity contribution in [1.82, 2.24) is 4.98 Å². The van der Waals surface area contributed by atoms with E-state index in [0.717, 1.165) is 6.07 Å². The van der Waals surface area contributed by atoms with Gasteiger partial charge in [0, 0.05) is 0 Å². The van der Waals surface area contributed by atoms with Gasteiger partial charge >= 0.3 is 5.69 Å². The van der Waals surface area contributed by atoms with Crippen LogP contribution in [0.15, 0.2) is 6.07 Å². The molecule has 1 aromatic heterocycles. The average Bonchev–Trinajstić information content (AvgIpc) is 2.16. The maximum atomic E-state index is 12.5. The van der Waals surface area contributed by atoms with Gasteiger partial charge in [0.15, 0.2) is 5.69 Å². The Hall–Kier alpha value is -2.30. The lowest BCUT2D eigenvalue weighted by molar-refractivity contribution is -0.385. The first kappa shape index (κ1) is 11.8. The maximum absolute atomic E-state index is 12.5. The summed E-state index contributed by atoms with van der Waals surface area (Å²) in [5.41, 5.74) is 2.93. The molecule has 8 heteroatoms. The Morgan fingerprint density at radius 3 is 2.75 bits per heavy atom. The highest BCUT2D eigenvalue weighted by molar-refractivity contribution is 5.61. The Bertz CT molecular complexity index is 470. The Morgan fingerprint density at radius 2 is 2.31 bits per heavy atom. The monoisotopic (exact) mass is 228 g/mol. The lowest BCUT2D eigenvalue weighted by Crippen LogP contribution is -2.06. The van der Waals surface area contributed by atoms with E-state index in [-0.39, 0.29) is 12.1 Å². The molecule has 84 valence electrons. The molecule has 6 nitrogen and oxygen atoms in total. The number of hydrogen-bond acceptors (Lipinski definition) is 5. The van der Waals surface area contributed by atoms with Gasteiger partial charge in [-0.3, -0.25) is 10.1 Å². The van der Waals surface area contributed by atoms with Crippen LogP contribution in [0.2, 0.25) is 0 Å². The third-order valence-electron chi connectivity index (χ3n) is 1.75. The number of halogens is 2. The number of nitriles is 1. The number of nitrogen functional groups attached to an aromatic ring is 1. The molecule has 0 spiro atoms. The lowest BCUT2D eigenvalue weighted by Gasteiger charge is -2.05. The van der Waals surface area contributed by atoms with Crippen LogP contribution in [0.3, 0.4) is 0 Å². The van der Waals surface area contributed by atoms with Crippen LogP contribution in [0, 0.1) is 21.4 Å². The van der Waals surface area contributed by atoms with E-state index in [1.54, 1.807) is 6.07 Å². The summed E-state index contributed by atoms with van der Waals surface area (Å²) < 4.78 is 25.0. The van der Waals surface area contributed by atoms with Gasteiger partial charge in [0.1, 0.15) is 5.69 Å². The Morgan fingerprint density at radius 1 is 1.69 bits per heavy atom. The molecule has 0 radical (unpaired) electrons. The molecule has 0 bridgehead atoms. The first-order chi connectivity index (χ1) is 7.47. The number of alkyl halides is 2. The van der Waals surface area contributed by atoms with E-state index >= 15 is 0 Å². The number of nitrogens with two attached hydrogens (primary N) is 1. The van der Waals surface area contributed by atoms with Gasteiger partial charge in [0.25, 0.3) is 6.43 Å². The summed E-state index contributed by atoms with van der Waals surface area (Å²) in [4.78, 5) is 12.8. The Kier molecular flexibility index (Phi) is 3.30. The smallest absolute Gasteiger partial charge is 0.319 e. The van der Waals surface area contributed by atoms with Crippen LogP contribution < -0.4 is 5.73 Å². The van der Waals surface area contributed by atoms with E-state index in [2.05, 4.69) is 4.98 Å². The average molecular weight is 228 g/mol. The minimum absolute atomic E-state index is 0.0131. The SMILES string of the molecule is N#CCc1cc(N)c([N+](=O)[O-])c(C(F)F)n1. The van der Waals surface area contributed by atoms with Crippen molar-refractivity contribution < 1.29 is 13.7 Å². The van der Waals surface area contributed by atoms with Crippen molar-refractivity contribution in [2.45, 2.75) is 12.8 Å². The standard InChI is InChI=1S/C8H6F2N4O2/c9-8(10)6-7(14(15)16)5(12)3-4(13-6)1-2-11/h3,8H,1H2,(H2,12,13). The highest BCUT2D eigenvalue weighted by atomic mass is 19.3. The fourth-order valence-electron chi connectivity index (χ4n) is 1.16. The van der Waals surface area contributed by atoms with Crippen LogP contribution in [-0.4, -0.2) is 9.91 Å². The summed E-state index contributed by atoms with van der Waals surface area (Å²) in [6, 6.07) is 2.74. The molecule has 0 atom stereocenters. The summed E-state index contributed by atoms with van der Waals surface area (Å²) in [5.74, 6) is 0. The number of nitrogens with zero attached hydrogens (tertiary/aromatic N) is 3. The van der Waals surface area contributed by atoms with Crippen LogP contribution in [-0.2, 0) is 6.42 Å². The predicted molar refractivity (Wildman–Crippen MR) is 49.6 cm³/mol. The molecule has 1 rings (SSSR count). The predicted octanol–water partition coefficient (Wildman–Crippen LogP) is 1.58. The second kappa shape index (κ2) is 4.48. The molecule has 0 amide bonds. The molecule has 0 aliphatic heterocycles. The quantitative estimate of drug-likeness (QED) is 0.624. The van der Waals surface area contributed by atoms with Crippen molar-refractivity contribution >= 4 is 11.4 Å². The molecular weight excluding hydrogens is 222 g/mol. The van der Waals surface area contributed by atoms with Crippen molar-refractivity contribution in [3.05, 3.63) is 27.6 Å². The molecule has 1 heterocycles. The molecular formula is C8H6F2N4O2. The van der Waals surface area contributed by atoms with Crippen molar-refractivity contribution in [2.75, 3.05) is 5.73 Å². The van der Waals surface area contributed by atoms with E-state index in [9.17, 15) is 18.9 Å². The first-order valence-electron chi connectivity index (χ1n) is 4.06. The van der Waals surface area contributed by atoms with E-state index in [4.69, 9.17) is 11.0 Å². The normalized spacial score (nSPS) is 10.1. The van der Waals surface area contributed by atoms with Gasteiger partial charge in [-0.2, -0.15) is 5.26 Å². The van der Waals surface area contributed by atoms with Crippen LogP contribution in [0.4, 0.5) is 20.2 Å². The summed E-state index contributed by atoms with van der Waals surface area (Å²) in [6.07, 6.45) is -3.34. The second-order valence-corrected chi connectivity index (χ2v) is 2.83. The van der Waals surface area contributed by atoms with E-state index in [0.29, 0.717) is 0 Å². The zero-order valence-corrected chi connectivity index (χ0v) is 7.85. The molecule has 0 fully saturated rings.